The molecule has 55 heteroatoms. The molecule has 0 aliphatic carbocycles. The highest BCUT2D eigenvalue weighted by molar-refractivity contribution is 6.02. The van der Waals surface area contributed by atoms with Gasteiger partial charge in [-0.25, -0.2) is 14.8 Å². The average molecular weight is 1970 g/mol. The maximum absolute atomic E-state index is 15.0. The molecule has 3 aromatic rings. The lowest BCUT2D eigenvalue weighted by atomic mass is 10.0. The van der Waals surface area contributed by atoms with Gasteiger partial charge < -0.3 is 159 Å². The molecule has 0 radical (unpaired) electrons. The van der Waals surface area contributed by atoms with Crippen LogP contribution < -0.4 is 113 Å². The first-order chi connectivity index (χ1) is 65.6. The van der Waals surface area contributed by atoms with E-state index in [-0.39, 0.29) is 89.5 Å². The molecule has 0 bridgehead atoms. The van der Waals surface area contributed by atoms with E-state index in [1.807, 2.05) is 5.32 Å². The first-order valence-corrected chi connectivity index (χ1v) is 44.5. The quantitative estimate of drug-likeness (QED) is 0.0142. The fourth-order valence-corrected chi connectivity index (χ4v) is 13.3. The van der Waals surface area contributed by atoms with Gasteiger partial charge in [0.2, 0.25) is 94.5 Å². The number of carboxylic acids is 6. The molecule has 55 nitrogen and oxygen atoms in total. The van der Waals surface area contributed by atoms with Gasteiger partial charge in [0, 0.05) is 68.9 Å². The van der Waals surface area contributed by atoms with Crippen LogP contribution in [0.3, 0.4) is 0 Å². The van der Waals surface area contributed by atoms with Gasteiger partial charge in [-0.15, -0.1) is 0 Å². The van der Waals surface area contributed by atoms with E-state index in [1.165, 1.54) is 52.7 Å². The number of carbonyl (C=O) groups excluding carboxylic acids is 16. The summed E-state index contributed by atoms with van der Waals surface area (Å²) in [5.74, 6) is -28.6. The fourth-order valence-electron chi connectivity index (χ4n) is 13.3. The number of carbonyl (C=O) groups is 22. The number of hydrogen-bond donors (Lipinski definition) is 31. The molecule has 0 aliphatic rings. The van der Waals surface area contributed by atoms with Gasteiger partial charge in [0.05, 0.1) is 44.7 Å². The summed E-state index contributed by atoms with van der Waals surface area (Å²) in [6.45, 7) is 6.46. The average Bonchev–Trinajstić information content (AvgIpc) is 1.60. The van der Waals surface area contributed by atoms with Crippen LogP contribution in [-0.4, -0.2) is 321 Å². The number of aliphatic carboxylic acids is 6. The first-order valence-electron chi connectivity index (χ1n) is 44.5. The van der Waals surface area contributed by atoms with Crippen molar-refractivity contribution in [2.75, 3.05) is 32.8 Å². The van der Waals surface area contributed by atoms with E-state index in [0.717, 1.165) is 0 Å². The monoisotopic (exact) mass is 1970 g/mol. The largest absolute Gasteiger partial charge is 0.481 e. The number of imidazole rings is 2. The maximum Gasteiger partial charge on any atom is 0.326 e. The Kier molecular flexibility index (Phi) is 52.7. The molecule has 2 heterocycles. The number of H-pyrrole nitrogens is 2. The highest BCUT2D eigenvalue weighted by atomic mass is 16.4. The Balaban J connectivity index is 1.95. The van der Waals surface area contributed by atoms with Gasteiger partial charge in [-0.2, -0.15) is 0 Å². The number of amides is 16. The summed E-state index contributed by atoms with van der Waals surface area (Å²) in [6, 6.07) is -18.9. The Morgan fingerprint density at radius 3 is 1.15 bits per heavy atom. The van der Waals surface area contributed by atoms with Crippen molar-refractivity contribution in [2.24, 2.45) is 34.8 Å². The van der Waals surface area contributed by atoms with Crippen LogP contribution in [0, 0.1) is 17.2 Å². The Labute approximate surface area is 796 Å². The Morgan fingerprint density at radius 2 is 0.741 bits per heavy atom. The van der Waals surface area contributed by atoms with Crippen molar-refractivity contribution in [1.82, 2.24) is 110 Å². The summed E-state index contributed by atoms with van der Waals surface area (Å²) < 4.78 is 0. The van der Waals surface area contributed by atoms with E-state index >= 15 is 0 Å². The minimum absolute atomic E-state index is 0.0455. The van der Waals surface area contributed by atoms with E-state index in [2.05, 4.69) is 105 Å². The highest BCUT2D eigenvalue weighted by Crippen LogP contribution is 2.16. The second kappa shape index (κ2) is 62.0. The lowest BCUT2D eigenvalue weighted by Gasteiger charge is -2.28. The third-order valence-corrected chi connectivity index (χ3v) is 20.8. The van der Waals surface area contributed by atoms with Gasteiger partial charge in [-0.1, -0.05) is 58.0 Å². The van der Waals surface area contributed by atoms with Crippen molar-refractivity contribution >= 4 is 136 Å². The Morgan fingerprint density at radius 1 is 0.374 bits per heavy atom. The fraction of sp³-hybridized carbons (Fsp3) is 0.583. The van der Waals surface area contributed by atoms with Gasteiger partial charge >= 0.3 is 35.8 Å². The molecule has 16 amide bonds. The number of nitrogens with two attached hydrogens (primary N) is 4. The number of nitrogens with one attached hydrogen (secondary N) is 20. The molecule has 0 saturated carbocycles. The normalized spacial score (nSPS) is 14.5. The summed E-state index contributed by atoms with van der Waals surface area (Å²) in [5.41, 5.74) is 23.7. The predicted octanol–water partition coefficient (Wildman–Crippen LogP) is -9.24. The van der Waals surface area contributed by atoms with Crippen LogP contribution in [0.2, 0.25) is 0 Å². The lowest BCUT2D eigenvalue weighted by Crippen LogP contribution is -2.61. The molecule has 35 N–H and O–H groups in total. The number of unbranched alkanes of at least 4 members (excludes halogenated alkanes) is 2. The smallest absolute Gasteiger partial charge is 0.326 e. The Bertz CT molecular complexity index is 4660. The van der Waals surface area contributed by atoms with Gasteiger partial charge in [-0.3, -0.25) is 106 Å². The van der Waals surface area contributed by atoms with E-state index < -0.39 is 316 Å². The number of hydrogen-bond acceptors (Lipinski definition) is 29. The standard InChI is InChI=1S/C84H130N26O29/c1-41(2)29-55(71(126)93-37-61(112)98-52(20-23-62(113)114)75(130)103-54(83(138)139)22-25-64(117)118)106-80(135)59(34-66(121)122)108-72(127)49(17-10-12-26-85)99-77(132)56(30-45-15-8-7-9-16-45)107-73(128)51(19-14-28-92-84(88)89)101-79(134)58(32-47-36-91-40-95-47)105-69(124)44(6)97-82(137)67(42(3)4)110-76(131)53(21-24-63(115)116)102-81(136)60(38-111)109-74(129)50(18-11-13-27-86)100-78(133)57(31-46-35-90-39-94-46)104-68(123)43(5)96-70(125)48(87)33-65(119)120/h7-9,15-16,35-36,39-44,48-60,67,111H,10-14,17-34,37-38,85-87H2,1-6H3,(H,90,94)(H,91,95)(H,93,126)(H,96,125)(H,97,137)(H,98,112)(H,99,132)(H,100,133)(H,101,134)(H,102,136)(H,103,130)(H,104,123)(H,105,124)(H,106,135)(H,107,128)(H,108,127)(H,109,129)(H,110,131)(H,113,114)(H,115,116)(H,117,118)(H,119,120)(H,121,122)(H,138,139)(H4,88,89,92)/t43-,44-,48-,49-,50-,51-,52-,53-,54-,55-,56-,57-,58-,59-,60-,67-/m0/s1. The number of nitrogens with zero attached hydrogens (tertiary/aromatic N) is 2. The van der Waals surface area contributed by atoms with E-state index in [0.29, 0.717) is 17.7 Å². The maximum atomic E-state index is 15.0. The molecule has 0 unspecified atom stereocenters. The molecule has 0 spiro atoms. The molecule has 16 atom stereocenters. The van der Waals surface area contributed by atoms with Crippen LogP contribution in [0.4, 0.5) is 0 Å². The molecular weight excluding hydrogens is 1840 g/mol. The molecule has 770 valence electrons. The van der Waals surface area contributed by atoms with Gasteiger partial charge in [0.1, 0.15) is 90.6 Å². The third-order valence-electron chi connectivity index (χ3n) is 20.8. The number of carboxylic acid groups (broad SMARTS) is 6. The van der Waals surface area contributed by atoms with Gasteiger partial charge in [-0.05, 0) is 121 Å². The number of rotatable bonds is 68. The number of aromatic nitrogens is 4. The number of aliphatic hydroxyl groups is 1. The van der Waals surface area contributed by atoms with E-state index in [9.17, 15) is 131 Å². The Hall–Kier alpha value is -14.9. The summed E-state index contributed by atoms with van der Waals surface area (Å²) >= 11 is 0. The van der Waals surface area contributed by atoms with E-state index in [1.54, 1.807) is 44.2 Å². The molecule has 3 rings (SSSR count). The lowest BCUT2D eigenvalue weighted by molar-refractivity contribution is -0.144. The van der Waals surface area contributed by atoms with Crippen molar-refractivity contribution in [1.29, 1.82) is 5.41 Å². The number of benzene rings is 1. The molecule has 0 fully saturated rings. The van der Waals surface area contributed by atoms with Crippen LogP contribution in [0.15, 0.2) is 55.4 Å². The van der Waals surface area contributed by atoms with Crippen LogP contribution in [0.1, 0.15) is 168 Å². The van der Waals surface area contributed by atoms with Gasteiger partial charge in [0.25, 0.3) is 0 Å². The summed E-state index contributed by atoms with van der Waals surface area (Å²) in [7, 11) is 0. The highest BCUT2D eigenvalue weighted by Gasteiger charge is 2.40. The zero-order chi connectivity index (χ0) is 104. The third kappa shape index (κ3) is 46.0. The van der Waals surface area contributed by atoms with E-state index in [4.69, 9.17) is 38.6 Å². The molecular formula is C84H130N26O29. The second-order valence-electron chi connectivity index (χ2n) is 33.3. The van der Waals surface area contributed by atoms with Crippen molar-refractivity contribution in [3.05, 3.63) is 72.3 Å². The van der Waals surface area contributed by atoms with Crippen LogP contribution >= 0.6 is 0 Å². The first kappa shape index (κ1) is 118. The molecule has 2 aromatic heterocycles. The zero-order valence-corrected chi connectivity index (χ0v) is 77.6. The molecule has 0 aliphatic heterocycles. The van der Waals surface area contributed by atoms with Crippen molar-refractivity contribution in [3.8, 4) is 0 Å². The van der Waals surface area contributed by atoms with Crippen LogP contribution in [0.25, 0.3) is 0 Å². The van der Waals surface area contributed by atoms with Crippen molar-refractivity contribution < 1.29 is 141 Å². The SMILES string of the molecule is CC(C)C[C@H](NC(=O)[C@H](CC(=O)O)NC(=O)[C@H](CCCCN)NC(=O)[C@H](Cc1ccccc1)NC(=O)[C@H](CCCNC(=N)N)NC(=O)[C@H](Cc1cnc[nH]1)NC(=O)[C@H](C)NC(=O)[C@@H](NC(=O)[C@H](CCC(=O)O)NC(=O)[C@H](CO)NC(=O)[C@H](CCCCN)NC(=O)[C@H](Cc1cnc[nH]1)NC(=O)[C@H](C)NC(=O)[C@@H](N)CC(=O)O)C(C)C)C(=O)NCC(=O)N[C@@H](CCC(=O)O)C(=O)N[C@@H](CCC(=O)O)C(=O)O. The summed E-state index contributed by atoms with van der Waals surface area (Å²) in [6.07, 6.45) is -2.18. The molecule has 139 heavy (non-hydrogen) atoms. The summed E-state index contributed by atoms with van der Waals surface area (Å²) in [4.78, 5) is 309. The van der Waals surface area contributed by atoms with Crippen molar-refractivity contribution in [2.45, 2.75) is 267 Å². The second-order valence-corrected chi connectivity index (χ2v) is 33.3. The number of aliphatic hydroxyl groups excluding tert-OH is 1. The topological polar surface area (TPSA) is 907 Å². The van der Waals surface area contributed by atoms with Crippen LogP contribution in [-0.2, 0) is 125 Å². The minimum atomic E-state index is -2.03. The summed E-state index contributed by atoms with van der Waals surface area (Å²) in [5, 5.41) is 116. The van der Waals surface area contributed by atoms with Gasteiger partial charge in [0.15, 0.2) is 5.96 Å². The van der Waals surface area contributed by atoms with Crippen molar-refractivity contribution in [3.63, 3.8) is 0 Å². The minimum Gasteiger partial charge on any atom is -0.481 e. The number of aromatic amines is 2. The molecule has 0 saturated heterocycles. The predicted molar refractivity (Wildman–Crippen MR) is 485 cm³/mol. The zero-order valence-electron chi connectivity index (χ0n) is 77.6. The molecule has 1 aromatic carbocycles. The number of guanidine groups is 1. The van der Waals surface area contributed by atoms with Crippen LogP contribution in [0.5, 0.6) is 0 Å².